The van der Waals surface area contributed by atoms with Crippen molar-refractivity contribution in [2.45, 2.75) is 24.7 Å². The summed E-state index contributed by atoms with van der Waals surface area (Å²) in [5, 5.41) is 2.96. The minimum Gasteiger partial charge on any atom is -0.369 e. The highest BCUT2D eigenvalue weighted by Gasteiger charge is 2.16. The first-order valence-corrected chi connectivity index (χ1v) is 11.6. The summed E-state index contributed by atoms with van der Waals surface area (Å²) in [7, 11) is 0.0816. The summed E-state index contributed by atoms with van der Waals surface area (Å²) < 4.78 is 25.8. The van der Waals surface area contributed by atoms with E-state index in [1.54, 1.807) is 24.3 Å². The van der Waals surface area contributed by atoms with Gasteiger partial charge in [0, 0.05) is 44.0 Å². The number of hydrogen-bond acceptors (Lipinski definition) is 5. The van der Waals surface area contributed by atoms with Crippen molar-refractivity contribution in [3.8, 4) is 0 Å². The molecule has 0 unspecified atom stereocenters. The molecule has 1 aliphatic heterocycles. The molecule has 3 rings (SSSR count). The van der Waals surface area contributed by atoms with Crippen molar-refractivity contribution in [3.63, 3.8) is 0 Å². The molecule has 0 bridgehead atoms. The second-order valence-electron chi connectivity index (χ2n) is 7.69. The van der Waals surface area contributed by atoms with Crippen LogP contribution >= 0.6 is 0 Å². The van der Waals surface area contributed by atoms with Gasteiger partial charge in [0.25, 0.3) is 0 Å². The molecule has 0 radical (unpaired) electrons. The first kappa shape index (κ1) is 22.3. The van der Waals surface area contributed by atoms with Gasteiger partial charge < -0.3 is 15.1 Å². The molecule has 2 N–H and O–H groups in total. The number of aryl methyl sites for hydroxylation is 2. The predicted octanol–water partition coefficient (Wildman–Crippen LogP) is 2.23. The Labute approximate surface area is 179 Å². The average Bonchev–Trinajstić information content (AvgIpc) is 2.73. The van der Waals surface area contributed by atoms with E-state index in [1.165, 1.54) is 12.7 Å². The third-order valence-corrected chi connectivity index (χ3v) is 6.90. The van der Waals surface area contributed by atoms with Crippen LogP contribution in [-0.4, -0.2) is 59.5 Å². The van der Waals surface area contributed by atoms with E-state index in [0.717, 1.165) is 43.0 Å². The fraction of sp³-hybridized carbons (Fsp3) is 0.409. The molecule has 0 atom stereocenters. The molecule has 8 heteroatoms. The maximum Gasteiger partial charge on any atom is 0.240 e. The summed E-state index contributed by atoms with van der Waals surface area (Å²) in [6.07, 6.45) is 0.876. The Balaban J connectivity index is 1.54. The Bertz CT molecular complexity index is 982. The zero-order valence-corrected chi connectivity index (χ0v) is 18.6. The number of anilines is 2. The van der Waals surface area contributed by atoms with Gasteiger partial charge in [-0.2, -0.15) is 0 Å². The Morgan fingerprint density at radius 3 is 2.30 bits per heavy atom. The zero-order valence-electron chi connectivity index (χ0n) is 17.8. The van der Waals surface area contributed by atoms with Crippen LogP contribution in [0.2, 0.25) is 0 Å². The number of amides is 1. The molecule has 7 nitrogen and oxygen atoms in total. The van der Waals surface area contributed by atoms with Crippen molar-refractivity contribution >= 4 is 27.3 Å². The molecule has 1 heterocycles. The van der Waals surface area contributed by atoms with Gasteiger partial charge in [-0.05, 0) is 68.9 Å². The van der Waals surface area contributed by atoms with Gasteiger partial charge in [-0.3, -0.25) is 4.79 Å². The number of hydrogen-bond donors (Lipinski definition) is 2. The molecular weight excluding hydrogens is 400 g/mol. The fourth-order valence-corrected chi connectivity index (χ4v) is 4.30. The number of carbonyl (C=O) groups is 1. The summed E-state index contributed by atoms with van der Waals surface area (Å²) in [6, 6.07) is 12.6. The number of piperazine rings is 1. The Kier molecular flexibility index (Phi) is 7.12. The number of benzene rings is 2. The monoisotopic (exact) mass is 430 g/mol. The van der Waals surface area contributed by atoms with Crippen LogP contribution in [0.5, 0.6) is 0 Å². The number of carbonyl (C=O) groups excluding carboxylic acids is 1. The quantitative estimate of drug-likeness (QED) is 0.704. The average molecular weight is 431 g/mol. The zero-order chi connectivity index (χ0) is 21.7. The molecule has 2 aromatic rings. The molecular formula is C22H30N4O3S. The molecule has 162 valence electrons. The lowest BCUT2D eigenvalue weighted by Gasteiger charge is -2.35. The molecule has 1 amide bonds. The summed E-state index contributed by atoms with van der Waals surface area (Å²) >= 11 is 0. The first-order valence-electron chi connectivity index (χ1n) is 10.1. The van der Waals surface area contributed by atoms with Gasteiger partial charge in [0.2, 0.25) is 15.9 Å². The summed E-state index contributed by atoms with van der Waals surface area (Å²) in [5.74, 6) is -0.0614. The number of rotatable bonds is 7. The molecule has 0 saturated carbocycles. The van der Waals surface area contributed by atoms with Crippen LogP contribution in [0.1, 0.15) is 17.5 Å². The molecule has 30 heavy (non-hydrogen) atoms. The SMILES string of the molecule is CNS(=O)(=O)c1ccc(CCC(=O)Nc2ccc(N3CCN(C)CC3)c(C)c2)cc1. The summed E-state index contributed by atoms with van der Waals surface area (Å²) in [6.45, 7) is 6.21. The molecule has 1 fully saturated rings. The Morgan fingerprint density at radius 1 is 1.03 bits per heavy atom. The lowest BCUT2D eigenvalue weighted by Crippen LogP contribution is -2.44. The Hall–Kier alpha value is -2.42. The van der Waals surface area contributed by atoms with Gasteiger partial charge in [0.1, 0.15) is 0 Å². The van der Waals surface area contributed by atoms with E-state index < -0.39 is 10.0 Å². The van der Waals surface area contributed by atoms with Gasteiger partial charge in [-0.1, -0.05) is 12.1 Å². The summed E-state index contributed by atoms with van der Waals surface area (Å²) in [4.78, 5) is 17.3. The van der Waals surface area contributed by atoms with Gasteiger partial charge >= 0.3 is 0 Å². The van der Waals surface area contributed by atoms with Crippen LogP contribution in [0.4, 0.5) is 11.4 Å². The minimum absolute atomic E-state index is 0.0614. The number of nitrogens with zero attached hydrogens (tertiary/aromatic N) is 2. The maximum atomic E-state index is 12.4. The van der Waals surface area contributed by atoms with Gasteiger partial charge in [-0.15, -0.1) is 0 Å². The van der Waals surface area contributed by atoms with E-state index in [1.807, 2.05) is 12.1 Å². The maximum absolute atomic E-state index is 12.4. The number of sulfonamides is 1. The van der Waals surface area contributed by atoms with Crippen molar-refractivity contribution in [1.29, 1.82) is 0 Å². The largest absolute Gasteiger partial charge is 0.369 e. The van der Waals surface area contributed by atoms with Gasteiger partial charge in [-0.25, -0.2) is 13.1 Å². The molecule has 0 aromatic heterocycles. The van der Waals surface area contributed by atoms with Crippen molar-refractivity contribution in [2.24, 2.45) is 0 Å². The highest BCUT2D eigenvalue weighted by atomic mass is 32.2. The second-order valence-corrected chi connectivity index (χ2v) is 9.58. The van der Waals surface area contributed by atoms with Crippen molar-refractivity contribution in [2.75, 3.05) is 50.5 Å². The van der Waals surface area contributed by atoms with E-state index in [2.05, 4.69) is 39.9 Å². The van der Waals surface area contributed by atoms with Crippen LogP contribution in [0.25, 0.3) is 0 Å². The molecule has 2 aromatic carbocycles. The molecule has 0 aliphatic carbocycles. The first-order chi connectivity index (χ1) is 14.3. The minimum atomic E-state index is -3.44. The molecule has 0 spiro atoms. The van der Waals surface area contributed by atoms with Crippen molar-refractivity contribution in [1.82, 2.24) is 9.62 Å². The van der Waals surface area contributed by atoms with Crippen LogP contribution < -0.4 is 14.9 Å². The predicted molar refractivity (Wildman–Crippen MR) is 121 cm³/mol. The third-order valence-electron chi connectivity index (χ3n) is 5.47. The van der Waals surface area contributed by atoms with Crippen LogP contribution in [0.15, 0.2) is 47.4 Å². The van der Waals surface area contributed by atoms with E-state index in [4.69, 9.17) is 0 Å². The highest BCUT2D eigenvalue weighted by Crippen LogP contribution is 2.25. The second kappa shape index (κ2) is 9.59. The van der Waals surface area contributed by atoms with Crippen LogP contribution in [0, 0.1) is 6.92 Å². The Morgan fingerprint density at radius 2 is 1.70 bits per heavy atom. The van der Waals surface area contributed by atoms with Crippen LogP contribution in [0.3, 0.4) is 0 Å². The van der Waals surface area contributed by atoms with E-state index in [9.17, 15) is 13.2 Å². The van der Waals surface area contributed by atoms with Crippen molar-refractivity contribution < 1.29 is 13.2 Å². The van der Waals surface area contributed by atoms with Crippen LogP contribution in [-0.2, 0) is 21.2 Å². The number of nitrogens with one attached hydrogen (secondary N) is 2. The normalized spacial score (nSPS) is 15.2. The topological polar surface area (TPSA) is 81.7 Å². The summed E-state index contributed by atoms with van der Waals surface area (Å²) in [5.41, 5.74) is 4.09. The highest BCUT2D eigenvalue weighted by molar-refractivity contribution is 7.89. The smallest absolute Gasteiger partial charge is 0.240 e. The van der Waals surface area contributed by atoms with E-state index >= 15 is 0 Å². The third kappa shape index (κ3) is 5.59. The molecule has 1 saturated heterocycles. The van der Waals surface area contributed by atoms with Gasteiger partial charge in [0.15, 0.2) is 0 Å². The lowest BCUT2D eigenvalue weighted by molar-refractivity contribution is -0.116. The fourth-order valence-electron chi connectivity index (χ4n) is 3.57. The van der Waals surface area contributed by atoms with Gasteiger partial charge in [0.05, 0.1) is 4.90 Å². The van der Waals surface area contributed by atoms with E-state index in [0.29, 0.717) is 12.8 Å². The lowest BCUT2D eigenvalue weighted by atomic mass is 10.1. The van der Waals surface area contributed by atoms with E-state index in [-0.39, 0.29) is 10.8 Å². The number of likely N-dealkylation sites (N-methyl/N-ethyl adjacent to an activating group) is 1. The molecule has 1 aliphatic rings. The standard InChI is InChI=1S/C22H30N4O3S/c1-17-16-19(7-10-21(17)26-14-12-25(3)13-15-26)24-22(27)11-6-18-4-8-20(9-5-18)30(28,29)23-2/h4-5,7-10,16,23H,6,11-15H2,1-3H3,(H,24,27). The van der Waals surface area contributed by atoms with Crippen molar-refractivity contribution in [3.05, 3.63) is 53.6 Å².